The summed E-state index contributed by atoms with van der Waals surface area (Å²) in [4.78, 5) is 36.0. The second-order valence-electron chi connectivity index (χ2n) is 8.00. The Bertz CT molecular complexity index is 832. The summed E-state index contributed by atoms with van der Waals surface area (Å²) in [6, 6.07) is 5.18. The monoisotopic (exact) mass is 418 g/mol. The number of epoxide rings is 1. The van der Waals surface area contributed by atoms with Crippen molar-refractivity contribution in [1.82, 2.24) is 0 Å². The predicted octanol–water partition coefficient (Wildman–Crippen LogP) is 3.68. The number of hydrogen-bond donors (Lipinski definition) is 0. The first kappa shape index (κ1) is 23.6. The maximum atomic E-state index is 12.4. The van der Waals surface area contributed by atoms with Gasteiger partial charge in [-0.05, 0) is 25.5 Å². The van der Waals surface area contributed by atoms with Crippen molar-refractivity contribution in [3.05, 3.63) is 41.0 Å². The molecular weight excluding hydrogens is 388 g/mol. The van der Waals surface area contributed by atoms with Crippen LogP contribution in [0.5, 0.6) is 5.75 Å². The Morgan fingerprint density at radius 2 is 1.70 bits per heavy atom. The highest BCUT2D eigenvalue weighted by Crippen LogP contribution is 2.44. The number of benzene rings is 1. The van der Waals surface area contributed by atoms with Crippen molar-refractivity contribution in [2.75, 3.05) is 13.2 Å². The third-order valence-electron chi connectivity index (χ3n) is 4.76. The van der Waals surface area contributed by atoms with Gasteiger partial charge in [0.15, 0.2) is 5.60 Å². The molecule has 7 nitrogen and oxygen atoms in total. The summed E-state index contributed by atoms with van der Waals surface area (Å²) in [5, 5.41) is 0. The molecule has 0 amide bonds. The molecule has 7 heteroatoms. The van der Waals surface area contributed by atoms with Crippen molar-refractivity contribution in [2.45, 2.75) is 53.8 Å². The maximum absolute atomic E-state index is 12.4. The van der Waals surface area contributed by atoms with Gasteiger partial charge in [-0.2, -0.15) is 0 Å². The van der Waals surface area contributed by atoms with Gasteiger partial charge >= 0.3 is 17.9 Å². The standard InChI is InChI=1S/C23H30O7/c1-7-16(6)22(26)30-19-10-17(11-27-20(24)14(2)3)8-9-18(19)23(13-29-23)12-28-21(25)15(4)5/h7-10,14-15H,11-13H2,1-6H3/t23-/m0/s1. The highest BCUT2D eigenvalue weighted by Gasteiger charge is 2.50. The van der Waals surface area contributed by atoms with E-state index in [1.165, 1.54) is 0 Å². The lowest BCUT2D eigenvalue weighted by Crippen LogP contribution is -2.24. The zero-order chi connectivity index (χ0) is 22.5. The summed E-state index contributed by atoms with van der Waals surface area (Å²) < 4.78 is 21.9. The van der Waals surface area contributed by atoms with Crippen LogP contribution in [0.1, 0.15) is 52.7 Å². The predicted molar refractivity (Wildman–Crippen MR) is 110 cm³/mol. The van der Waals surface area contributed by atoms with Crippen LogP contribution in [0.15, 0.2) is 29.8 Å². The molecule has 0 N–H and O–H groups in total. The van der Waals surface area contributed by atoms with Crippen LogP contribution >= 0.6 is 0 Å². The normalized spacial score (nSPS) is 18.3. The zero-order valence-electron chi connectivity index (χ0n) is 18.4. The largest absolute Gasteiger partial charge is 0.462 e. The smallest absolute Gasteiger partial charge is 0.338 e. The summed E-state index contributed by atoms with van der Waals surface area (Å²) >= 11 is 0. The van der Waals surface area contributed by atoms with Gasteiger partial charge < -0.3 is 18.9 Å². The van der Waals surface area contributed by atoms with Crippen LogP contribution in [-0.4, -0.2) is 31.1 Å². The minimum atomic E-state index is -0.850. The van der Waals surface area contributed by atoms with Crippen molar-refractivity contribution in [2.24, 2.45) is 11.8 Å². The van der Waals surface area contributed by atoms with Crippen molar-refractivity contribution in [3.63, 3.8) is 0 Å². The number of rotatable bonds is 9. The van der Waals surface area contributed by atoms with Crippen molar-refractivity contribution < 1.29 is 33.3 Å². The quantitative estimate of drug-likeness (QED) is 0.261. The maximum Gasteiger partial charge on any atom is 0.338 e. The number of allylic oxidation sites excluding steroid dienone is 1. The lowest BCUT2D eigenvalue weighted by Gasteiger charge is -2.18. The van der Waals surface area contributed by atoms with Crippen molar-refractivity contribution >= 4 is 17.9 Å². The molecular formula is C23H30O7. The van der Waals surface area contributed by atoms with Gasteiger partial charge in [0, 0.05) is 11.1 Å². The molecule has 30 heavy (non-hydrogen) atoms. The van der Waals surface area contributed by atoms with E-state index in [9.17, 15) is 14.4 Å². The molecule has 1 heterocycles. The molecule has 0 unspecified atom stereocenters. The van der Waals surface area contributed by atoms with E-state index in [4.69, 9.17) is 18.9 Å². The highest BCUT2D eigenvalue weighted by molar-refractivity contribution is 5.89. The summed E-state index contributed by atoms with van der Waals surface area (Å²) in [6.45, 7) is 10.8. The third-order valence-corrected chi connectivity index (χ3v) is 4.76. The van der Waals surface area contributed by atoms with E-state index in [1.54, 1.807) is 65.8 Å². The Kier molecular flexibility index (Phi) is 7.78. The van der Waals surface area contributed by atoms with E-state index >= 15 is 0 Å². The molecule has 1 aliphatic heterocycles. The molecule has 0 aliphatic carbocycles. The van der Waals surface area contributed by atoms with Crippen LogP contribution < -0.4 is 4.74 Å². The minimum Gasteiger partial charge on any atom is -0.462 e. The van der Waals surface area contributed by atoms with E-state index in [1.807, 2.05) is 0 Å². The molecule has 1 atom stereocenters. The summed E-state index contributed by atoms with van der Waals surface area (Å²) in [6.07, 6.45) is 1.66. The molecule has 0 bridgehead atoms. The van der Waals surface area contributed by atoms with Crippen LogP contribution in [0.4, 0.5) is 0 Å². The molecule has 1 aromatic carbocycles. The van der Waals surface area contributed by atoms with E-state index < -0.39 is 11.6 Å². The van der Waals surface area contributed by atoms with Crippen molar-refractivity contribution in [1.29, 1.82) is 0 Å². The Morgan fingerprint density at radius 3 is 2.23 bits per heavy atom. The topological polar surface area (TPSA) is 91.4 Å². The van der Waals surface area contributed by atoms with E-state index in [0.717, 1.165) is 0 Å². The molecule has 1 aromatic rings. The van der Waals surface area contributed by atoms with Crippen LogP contribution in [0, 0.1) is 11.8 Å². The second-order valence-corrected chi connectivity index (χ2v) is 8.00. The lowest BCUT2D eigenvalue weighted by molar-refractivity contribution is -0.149. The molecule has 0 spiro atoms. The van der Waals surface area contributed by atoms with E-state index in [0.29, 0.717) is 23.3 Å². The summed E-state index contributed by atoms with van der Waals surface area (Å²) in [5.74, 6) is -1.34. The molecule has 0 saturated carbocycles. The Labute approximate surface area is 177 Å². The molecule has 164 valence electrons. The number of carbonyl (C=O) groups excluding carboxylic acids is 3. The molecule has 1 saturated heterocycles. The summed E-state index contributed by atoms with van der Waals surface area (Å²) in [5.41, 5.74) is 0.880. The number of hydrogen-bond acceptors (Lipinski definition) is 7. The van der Waals surface area contributed by atoms with Gasteiger partial charge in [-0.25, -0.2) is 4.79 Å². The first-order chi connectivity index (χ1) is 14.1. The fourth-order valence-electron chi connectivity index (χ4n) is 2.49. The number of carbonyl (C=O) groups is 3. The van der Waals surface area contributed by atoms with Gasteiger partial charge in [0.05, 0.1) is 18.4 Å². The molecule has 1 fully saturated rings. The number of ether oxygens (including phenoxy) is 4. The van der Waals surface area contributed by atoms with E-state index in [2.05, 4.69) is 0 Å². The van der Waals surface area contributed by atoms with Crippen LogP contribution in [0.2, 0.25) is 0 Å². The van der Waals surface area contributed by atoms with E-state index in [-0.39, 0.29) is 42.7 Å². The van der Waals surface area contributed by atoms with Crippen LogP contribution in [0.25, 0.3) is 0 Å². The average molecular weight is 418 g/mol. The molecule has 0 aromatic heterocycles. The minimum absolute atomic E-state index is 0.0266. The first-order valence-electron chi connectivity index (χ1n) is 10.1. The fraction of sp³-hybridized carbons (Fsp3) is 0.522. The van der Waals surface area contributed by atoms with Gasteiger partial charge in [0.25, 0.3) is 0 Å². The first-order valence-corrected chi connectivity index (χ1v) is 10.1. The Hall–Kier alpha value is -2.67. The SMILES string of the molecule is CC=C(C)C(=O)Oc1cc(COC(=O)C(C)C)ccc1[C@]1(COC(=O)C(C)C)CO1. The van der Waals surface area contributed by atoms with Gasteiger partial charge in [-0.3, -0.25) is 9.59 Å². The number of esters is 3. The fourth-order valence-corrected chi connectivity index (χ4v) is 2.49. The third kappa shape index (κ3) is 5.92. The molecule has 2 rings (SSSR count). The highest BCUT2D eigenvalue weighted by atomic mass is 16.6. The average Bonchev–Trinajstić information content (AvgIpc) is 3.50. The van der Waals surface area contributed by atoms with Gasteiger partial charge in [-0.15, -0.1) is 0 Å². The summed E-state index contributed by atoms with van der Waals surface area (Å²) in [7, 11) is 0. The van der Waals surface area contributed by atoms with Crippen LogP contribution in [0.3, 0.4) is 0 Å². The van der Waals surface area contributed by atoms with Crippen molar-refractivity contribution in [3.8, 4) is 5.75 Å². The molecule has 0 radical (unpaired) electrons. The molecule has 1 aliphatic rings. The Morgan fingerprint density at radius 1 is 1.10 bits per heavy atom. The van der Waals surface area contributed by atoms with Gasteiger partial charge in [-0.1, -0.05) is 45.9 Å². The van der Waals surface area contributed by atoms with Gasteiger partial charge in [0.1, 0.15) is 19.0 Å². The van der Waals surface area contributed by atoms with Crippen LogP contribution in [-0.2, 0) is 40.8 Å². The second kappa shape index (κ2) is 9.89. The Balaban J connectivity index is 2.28. The van der Waals surface area contributed by atoms with Gasteiger partial charge in [0.2, 0.25) is 0 Å². The zero-order valence-corrected chi connectivity index (χ0v) is 18.4. The lowest BCUT2D eigenvalue weighted by atomic mass is 9.98.